The van der Waals surface area contributed by atoms with Gasteiger partial charge in [0.2, 0.25) is 0 Å². The summed E-state index contributed by atoms with van der Waals surface area (Å²) >= 11 is 1.19. The van der Waals surface area contributed by atoms with Gasteiger partial charge in [-0.1, -0.05) is 18.2 Å². The number of piperidine rings is 1. The van der Waals surface area contributed by atoms with Crippen molar-refractivity contribution in [2.45, 2.75) is 25.1 Å². The fourth-order valence-corrected chi connectivity index (χ4v) is 4.97. The van der Waals surface area contributed by atoms with E-state index in [-0.39, 0.29) is 17.6 Å². The number of hydrogen-bond donors (Lipinski definition) is 2. The van der Waals surface area contributed by atoms with E-state index >= 15 is 0 Å². The van der Waals surface area contributed by atoms with Gasteiger partial charge in [0.25, 0.3) is 5.91 Å². The molecule has 2 bridgehead atoms. The molecule has 9 heteroatoms. The topological polar surface area (TPSA) is 61.4 Å². The summed E-state index contributed by atoms with van der Waals surface area (Å²) in [7, 11) is 0. The van der Waals surface area contributed by atoms with Crippen LogP contribution in [0.5, 0.6) is 0 Å². The molecule has 3 unspecified atom stereocenters. The van der Waals surface area contributed by atoms with Crippen LogP contribution in [-0.2, 0) is 4.79 Å². The third kappa shape index (κ3) is 4.45. The number of nitrogens with zero attached hydrogens (tertiary/aromatic N) is 1. The summed E-state index contributed by atoms with van der Waals surface area (Å²) in [6.07, 6.45) is -2.81. The Morgan fingerprint density at radius 1 is 1.10 bits per heavy atom. The lowest BCUT2D eigenvalue weighted by Gasteiger charge is -2.30. The maximum absolute atomic E-state index is 12.6. The Hall–Kier alpha value is -2.39. The molecule has 0 aliphatic carbocycles. The highest BCUT2D eigenvalue weighted by molar-refractivity contribution is 7.17. The molecule has 154 valence electrons. The molecule has 2 N–H and O–H groups in total. The molecule has 0 radical (unpaired) electrons. The normalized spacial score (nSPS) is 23.6. The van der Waals surface area contributed by atoms with Gasteiger partial charge in [-0.2, -0.15) is 13.2 Å². The highest BCUT2D eigenvalue weighted by Gasteiger charge is 2.39. The van der Waals surface area contributed by atoms with Gasteiger partial charge in [0.1, 0.15) is 0 Å². The van der Waals surface area contributed by atoms with Crippen LogP contribution in [0.15, 0.2) is 36.4 Å². The number of halogens is 3. The van der Waals surface area contributed by atoms with Crippen LogP contribution in [0.4, 0.5) is 18.9 Å². The van der Waals surface area contributed by atoms with E-state index in [1.54, 1.807) is 30.3 Å². The first-order valence-corrected chi connectivity index (χ1v) is 10.2. The van der Waals surface area contributed by atoms with Crippen LogP contribution in [0.25, 0.3) is 10.4 Å². The van der Waals surface area contributed by atoms with Gasteiger partial charge in [0.05, 0.1) is 4.88 Å². The maximum Gasteiger partial charge on any atom is 0.471 e. The summed E-state index contributed by atoms with van der Waals surface area (Å²) in [5.74, 6) is -1.57. The number of rotatable bonds is 4. The number of alkyl halides is 3. The predicted molar refractivity (Wildman–Crippen MR) is 105 cm³/mol. The van der Waals surface area contributed by atoms with E-state index in [0.717, 1.165) is 26.1 Å². The highest BCUT2D eigenvalue weighted by Crippen LogP contribution is 2.34. The zero-order valence-corrected chi connectivity index (χ0v) is 16.3. The monoisotopic (exact) mass is 423 g/mol. The molecule has 0 saturated carbocycles. The van der Waals surface area contributed by atoms with Gasteiger partial charge in [-0.3, -0.25) is 9.59 Å². The Kier molecular flexibility index (Phi) is 5.35. The van der Waals surface area contributed by atoms with Crippen molar-refractivity contribution in [2.75, 3.05) is 25.0 Å². The second kappa shape index (κ2) is 7.79. The summed E-state index contributed by atoms with van der Waals surface area (Å²) in [5, 5.41) is 4.99. The standard InChI is InChI=1S/C20H20F3N3O2S/c21-20(22,23)19(28)25-15-4-2-1-3-14(15)16-5-6-17(29-16)18(27)24-13-9-12-7-8-26(10-12)11-13/h1-6,12-13H,7-11H2,(H,24,27)(H,25,28). The average molecular weight is 423 g/mol. The molecule has 0 spiro atoms. The number of benzene rings is 1. The van der Waals surface area contributed by atoms with Crippen molar-refractivity contribution in [1.29, 1.82) is 0 Å². The highest BCUT2D eigenvalue weighted by atomic mass is 32.1. The molecule has 5 nitrogen and oxygen atoms in total. The SMILES string of the molecule is O=C(NC1CC2CCN(C2)C1)c1ccc(-c2ccccc2NC(=O)C(F)(F)F)s1. The van der Waals surface area contributed by atoms with Crippen LogP contribution < -0.4 is 10.6 Å². The van der Waals surface area contributed by atoms with Crippen LogP contribution in [0, 0.1) is 5.92 Å². The summed E-state index contributed by atoms with van der Waals surface area (Å²) in [6, 6.07) is 9.71. The molecule has 2 aliphatic heterocycles. The van der Waals surface area contributed by atoms with Crippen molar-refractivity contribution in [3.8, 4) is 10.4 Å². The fourth-order valence-electron chi connectivity index (χ4n) is 4.03. The van der Waals surface area contributed by atoms with E-state index < -0.39 is 12.1 Å². The molecule has 29 heavy (non-hydrogen) atoms. The predicted octanol–water partition coefficient (Wildman–Crippen LogP) is 3.74. The lowest BCUT2D eigenvalue weighted by molar-refractivity contribution is -0.167. The molecule has 2 amide bonds. The molecule has 1 aromatic carbocycles. The molecule has 2 fully saturated rings. The van der Waals surface area contributed by atoms with Gasteiger partial charge in [0.15, 0.2) is 0 Å². The smallest absolute Gasteiger partial charge is 0.347 e. The Morgan fingerprint density at radius 3 is 2.66 bits per heavy atom. The lowest BCUT2D eigenvalue weighted by Crippen LogP contribution is -2.46. The van der Waals surface area contributed by atoms with E-state index in [2.05, 4.69) is 10.2 Å². The molecular formula is C20H20F3N3O2S. The molecule has 2 aromatic rings. The third-order valence-electron chi connectivity index (χ3n) is 5.33. The van der Waals surface area contributed by atoms with Gasteiger partial charge in [0, 0.05) is 35.3 Å². The van der Waals surface area contributed by atoms with Crippen molar-refractivity contribution >= 4 is 28.8 Å². The van der Waals surface area contributed by atoms with Crippen molar-refractivity contribution < 1.29 is 22.8 Å². The van der Waals surface area contributed by atoms with Crippen molar-refractivity contribution in [3.63, 3.8) is 0 Å². The van der Waals surface area contributed by atoms with Gasteiger partial charge < -0.3 is 15.5 Å². The zero-order chi connectivity index (χ0) is 20.6. The Labute approximate surface area is 169 Å². The molecular weight excluding hydrogens is 403 g/mol. The number of carbonyl (C=O) groups excluding carboxylic acids is 2. The second-order valence-corrected chi connectivity index (χ2v) is 8.57. The second-order valence-electron chi connectivity index (χ2n) is 7.48. The van der Waals surface area contributed by atoms with Crippen LogP contribution in [0.3, 0.4) is 0 Å². The van der Waals surface area contributed by atoms with Crippen molar-refractivity contribution in [3.05, 3.63) is 41.3 Å². The van der Waals surface area contributed by atoms with Gasteiger partial charge >= 0.3 is 12.1 Å². The number of para-hydroxylation sites is 1. The summed E-state index contributed by atoms with van der Waals surface area (Å²) < 4.78 is 37.8. The Morgan fingerprint density at radius 2 is 1.90 bits per heavy atom. The average Bonchev–Trinajstić information content (AvgIpc) is 3.28. The van der Waals surface area contributed by atoms with E-state index in [1.807, 2.05) is 5.32 Å². The van der Waals surface area contributed by atoms with Gasteiger partial charge in [-0.05, 0) is 43.5 Å². The minimum absolute atomic E-state index is 0.0558. The summed E-state index contributed by atoms with van der Waals surface area (Å²) in [5.41, 5.74) is 0.497. The van der Waals surface area contributed by atoms with Crippen molar-refractivity contribution in [1.82, 2.24) is 10.2 Å². The minimum atomic E-state index is -4.97. The Balaban J connectivity index is 1.48. The lowest BCUT2D eigenvalue weighted by atomic mass is 9.97. The molecule has 4 rings (SSSR count). The van der Waals surface area contributed by atoms with E-state index in [0.29, 0.717) is 21.2 Å². The van der Waals surface area contributed by atoms with E-state index in [1.165, 1.54) is 23.8 Å². The fraction of sp³-hybridized carbons (Fsp3) is 0.400. The Bertz CT molecular complexity index is 916. The minimum Gasteiger partial charge on any atom is -0.347 e. The zero-order valence-electron chi connectivity index (χ0n) is 15.5. The number of anilines is 1. The van der Waals surface area contributed by atoms with Crippen LogP contribution >= 0.6 is 11.3 Å². The van der Waals surface area contributed by atoms with Gasteiger partial charge in [-0.15, -0.1) is 11.3 Å². The first kappa shape index (κ1) is 19.9. The number of thiophene rings is 1. The third-order valence-corrected chi connectivity index (χ3v) is 6.45. The largest absolute Gasteiger partial charge is 0.471 e. The first-order chi connectivity index (χ1) is 13.8. The number of amides is 2. The summed E-state index contributed by atoms with van der Waals surface area (Å²) in [4.78, 5) is 27.4. The number of nitrogens with one attached hydrogen (secondary N) is 2. The first-order valence-electron chi connectivity index (χ1n) is 9.40. The van der Waals surface area contributed by atoms with Crippen molar-refractivity contribution in [2.24, 2.45) is 5.92 Å². The molecule has 2 saturated heterocycles. The van der Waals surface area contributed by atoms with Crippen LogP contribution in [-0.4, -0.2) is 48.6 Å². The molecule has 2 aliphatic rings. The van der Waals surface area contributed by atoms with Gasteiger partial charge in [-0.25, -0.2) is 0 Å². The maximum atomic E-state index is 12.6. The van der Waals surface area contributed by atoms with E-state index in [4.69, 9.17) is 0 Å². The van der Waals surface area contributed by atoms with E-state index in [9.17, 15) is 22.8 Å². The summed E-state index contributed by atoms with van der Waals surface area (Å²) in [6.45, 7) is 3.04. The number of carbonyl (C=O) groups is 2. The quantitative estimate of drug-likeness (QED) is 0.788. The molecule has 1 aromatic heterocycles. The number of fused-ring (bicyclic) bond motifs is 2. The van der Waals surface area contributed by atoms with Crippen LogP contribution in [0.2, 0.25) is 0 Å². The molecule has 3 atom stereocenters. The number of hydrogen-bond acceptors (Lipinski definition) is 4. The molecule has 3 heterocycles. The van der Waals surface area contributed by atoms with Crippen LogP contribution in [0.1, 0.15) is 22.5 Å².